The Morgan fingerprint density at radius 2 is 0.700 bits per heavy atom. The molecule has 1 fully saturated rings. The van der Waals surface area contributed by atoms with Crippen molar-refractivity contribution in [3.63, 3.8) is 0 Å². The lowest BCUT2D eigenvalue weighted by molar-refractivity contribution is -0.0409. The molecule has 1 aliphatic heterocycles. The van der Waals surface area contributed by atoms with Gasteiger partial charge in [0.2, 0.25) is 0 Å². The van der Waals surface area contributed by atoms with Gasteiger partial charge in [0.25, 0.3) is 0 Å². The van der Waals surface area contributed by atoms with E-state index in [0.717, 1.165) is 22.3 Å². The molecule has 7 aromatic carbocycles. The van der Waals surface area contributed by atoms with Crippen LogP contribution in [0, 0.1) is 0 Å². The van der Waals surface area contributed by atoms with Crippen LogP contribution in [-0.2, 0) is 28.2 Å². The van der Waals surface area contributed by atoms with E-state index in [-0.39, 0.29) is 44.7 Å². The second-order valence-corrected chi connectivity index (χ2v) is 28.7. The molecule has 13 nitrogen and oxygen atoms in total. The zero-order chi connectivity index (χ0) is 65.3. The van der Waals surface area contributed by atoms with E-state index in [2.05, 4.69) is 190 Å². The Morgan fingerprint density at radius 1 is 0.389 bits per heavy atom. The number of rotatable bonds is 21. The summed E-state index contributed by atoms with van der Waals surface area (Å²) in [6, 6.07) is 42.9. The number of phenolic OH excluding ortho intramolecular Hbond substituents is 4. The van der Waals surface area contributed by atoms with Crippen molar-refractivity contribution < 1.29 is 39.4 Å². The maximum absolute atomic E-state index is 11.9. The van der Waals surface area contributed by atoms with Crippen molar-refractivity contribution in [3.05, 3.63) is 155 Å². The van der Waals surface area contributed by atoms with E-state index >= 15 is 0 Å². The molecule has 90 heavy (non-hydrogen) atoms. The molecule has 0 aliphatic carbocycles. The number of phenols is 4. The monoisotopic (exact) mass is 1230 g/mol. The van der Waals surface area contributed by atoms with Gasteiger partial charge in [0.15, 0.2) is 70.9 Å². The van der Waals surface area contributed by atoms with Crippen LogP contribution in [0.3, 0.4) is 0 Å². The number of fused-ring (bicyclic) bond motifs is 2. The first-order chi connectivity index (χ1) is 42.6. The van der Waals surface area contributed by atoms with E-state index in [0.29, 0.717) is 121 Å². The van der Waals surface area contributed by atoms with E-state index < -0.39 is 24.9 Å². The number of nitrogens with zero attached hydrogens (tertiary/aromatic N) is 5. The van der Waals surface area contributed by atoms with Crippen molar-refractivity contribution >= 4 is 21.5 Å². The topological polar surface area (TPSA) is 134 Å². The predicted molar refractivity (Wildman–Crippen MR) is 369 cm³/mol. The minimum Gasteiger partial charge on any atom is -0.504 e. The smallest absolute Gasteiger partial charge is 0.163 e. The summed E-state index contributed by atoms with van der Waals surface area (Å²) in [5, 5.41) is 52.3. The average Bonchev–Trinajstić information content (AvgIpc) is 1.17. The molecule has 13 heteroatoms. The fraction of sp³-hybridized carbons (Fsp3) is 0.506. The number of hydrogen-bond acceptors (Lipinski definition) is 13. The Labute approximate surface area is 539 Å². The van der Waals surface area contributed by atoms with Gasteiger partial charge in [-0.2, -0.15) is 0 Å². The quantitative estimate of drug-likeness (QED) is 0.0402. The van der Waals surface area contributed by atoms with Crippen LogP contribution in [0.25, 0.3) is 21.5 Å². The van der Waals surface area contributed by atoms with E-state index in [1.165, 1.54) is 27.1 Å². The summed E-state index contributed by atoms with van der Waals surface area (Å²) in [5.74, 6) is 2.48. The van der Waals surface area contributed by atoms with Gasteiger partial charge >= 0.3 is 0 Å². The molecule has 0 saturated carbocycles. The van der Waals surface area contributed by atoms with Gasteiger partial charge in [0, 0.05) is 94.2 Å². The third kappa shape index (κ3) is 16.8. The summed E-state index contributed by atoms with van der Waals surface area (Å²) >= 11 is 0. The van der Waals surface area contributed by atoms with Crippen molar-refractivity contribution in [2.45, 2.75) is 190 Å². The molecule has 0 radical (unpaired) electrons. The van der Waals surface area contributed by atoms with Crippen LogP contribution in [0.5, 0.6) is 46.0 Å². The summed E-state index contributed by atoms with van der Waals surface area (Å²) in [5.41, 5.74) is 3.30. The third-order valence-corrected chi connectivity index (χ3v) is 18.0. The van der Waals surface area contributed by atoms with Gasteiger partial charge < -0.3 is 39.4 Å². The van der Waals surface area contributed by atoms with Gasteiger partial charge in [-0.3, -0.25) is 24.5 Å². The summed E-state index contributed by atoms with van der Waals surface area (Å²) < 4.78 is 28.1. The Bertz CT molecular complexity index is 3320. The molecule has 1 saturated heterocycles. The maximum Gasteiger partial charge on any atom is 0.163 e. The predicted octanol–water partition coefficient (Wildman–Crippen LogP) is 16.3. The normalized spacial score (nSPS) is 16.5. The van der Waals surface area contributed by atoms with Crippen molar-refractivity contribution in [1.29, 1.82) is 0 Å². The van der Waals surface area contributed by atoms with Crippen LogP contribution < -0.4 is 18.9 Å². The van der Waals surface area contributed by atoms with Crippen LogP contribution in [0.4, 0.5) is 0 Å². The summed E-state index contributed by atoms with van der Waals surface area (Å²) in [7, 11) is 0. The van der Waals surface area contributed by atoms with E-state index in [4.69, 9.17) is 18.9 Å². The number of aromatic hydroxyl groups is 4. The van der Waals surface area contributed by atoms with Gasteiger partial charge in [0.05, 0.1) is 0 Å². The van der Waals surface area contributed by atoms with Gasteiger partial charge in [-0.15, -0.1) is 0 Å². The number of hydrogen-bond donors (Lipinski definition) is 4. The van der Waals surface area contributed by atoms with Gasteiger partial charge in [0.1, 0.15) is 0 Å². The van der Waals surface area contributed by atoms with E-state index in [1.807, 2.05) is 72.8 Å². The van der Waals surface area contributed by atoms with E-state index in [1.54, 1.807) is 0 Å². The van der Waals surface area contributed by atoms with Gasteiger partial charge in [-0.25, -0.2) is 0 Å². The summed E-state index contributed by atoms with van der Waals surface area (Å²) in [4.78, 5) is 12.3. The highest BCUT2D eigenvalue weighted by atomic mass is 16.5. The fourth-order valence-corrected chi connectivity index (χ4v) is 12.8. The summed E-state index contributed by atoms with van der Waals surface area (Å²) in [6.07, 6.45) is 0.979. The molecular formula is C77H107N5O8. The molecule has 0 spiro atoms. The first-order valence-corrected chi connectivity index (χ1v) is 33.2. The van der Waals surface area contributed by atoms with Gasteiger partial charge in [-0.05, 0) is 105 Å². The lowest BCUT2D eigenvalue weighted by atomic mass is 9.86. The second kappa shape index (κ2) is 29.7. The molecule has 0 aromatic heterocycles. The minimum absolute atomic E-state index is 0.156. The average molecular weight is 1230 g/mol. The molecule has 0 amide bonds. The molecule has 4 atom stereocenters. The number of para-hydroxylation sites is 4. The summed E-state index contributed by atoms with van der Waals surface area (Å²) in [6.45, 7) is 40.7. The Morgan fingerprint density at radius 3 is 1.01 bits per heavy atom. The highest BCUT2D eigenvalue weighted by Crippen LogP contribution is 2.43. The molecule has 0 unspecified atom stereocenters. The molecule has 488 valence electrons. The van der Waals surface area contributed by atoms with E-state index in [9.17, 15) is 20.4 Å². The largest absolute Gasteiger partial charge is 0.504 e. The zero-order valence-electron chi connectivity index (χ0n) is 57.2. The fourth-order valence-electron chi connectivity index (χ4n) is 12.8. The minimum atomic E-state index is -0.411. The van der Waals surface area contributed by atoms with Crippen molar-refractivity contribution in [3.8, 4) is 46.0 Å². The molecule has 1 heterocycles. The zero-order valence-corrected chi connectivity index (χ0v) is 57.2. The molecule has 4 N–H and O–H groups in total. The first kappa shape index (κ1) is 69.2. The molecule has 1 aliphatic rings. The lowest BCUT2D eigenvalue weighted by Crippen LogP contribution is -2.54. The first-order valence-electron chi connectivity index (χ1n) is 33.2. The highest BCUT2D eigenvalue weighted by molar-refractivity contribution is 6.02. The number of ether oxygens (including phenoxy) is 4. The third-order valence-electron chi connectivity index (χ3n) is 18.0. The molecule has 0 bridgehead atoms. The Kier molecular flexibility index (Phi) is 22.8. The van der Waals surface area contributed by atoms with Crippen LogP contribution in [-0.4, -0.2) is 135 Å². The van der Waals surface area contributed by atoms with Crippen molar-refractivity contribution in [1.82, 2.24) is 24.5 Å². The lowest BCUT2D eigenvalue weighted by Gasteiger charge is -2.41. The van der Waals surface area contributed by atoms with Crippen LogP contribution >= 0.6 is 0 Å². The Balaban J connectivity index is 1.21. The van der Waals surface area contributed by atoms with Crippen molar-refractivity contribution in [2.24, 2.45) is 0 Å². The SMILES string of the molecule is CC[C@H](Oc1cccc(C(C)(C)C)c1O)N1CCN(CCN(Cc2c3ccccc3cc3ccccc23)[C@H](CC)Oc2cccc(C(C)(C)C)c2O)CCN([C@H](CC)Oc2cccc(C(C)(C)C)c2O)CCN([C@H](CC)Oc2cccc(C(C)(C)C)c2O)CC1. The second-order valence-electron chi connectivity index (χ2n) is 28.7. The standard InChI is InChI=1S/C77H107N5O8/c1-17-66(87-62-37-25-33-58(70(62)83)74(5,6)7)79-44-41-78(43-46-82(69(20-4)90-65-40-28-36-61(73(65)86)77(14,15)16)52-57-55-31-23-21-29-53(55)51-54-30-22-24-32-56(54)57)42-45-80(67(18-2)88-63-38-26-34-59(71(63)84)75(8,9)10)48-50-81(49-47-79)68(19-3)89-64-39-27-35-60(72(64)85)76(11,12)13/h21-40,51,66-69,83-86H,17-20,41-50,52H2,1-16H3/t66-,67-,68-,69-/m0/s1. The van der Waals surface area contributed by atoms with Gasteiger partial charge in [-0.1, -0.05) is 208 Å². The van der Waals surface area contributed by atoms with Crippen molar-refractivity contribution in [2.75, 3.05) is 65.4 Å². The maximum atomic E-state index is 11.9. The number of benzene rings is 7. The molecular weight excluding hydrogens is 1120 g/mol. The van der Waals surface area contributed by atoms with Crippen LogP contribution in [0.2, 0.25) is 0 Å². The van der Waals surface area contributed by atoms with Crippen LogP contribution in [0.1, 0.15) is 164 Å². The molecule has 8 rings (SSSR count). The highest BCUT2D eigenvalue weighted by Gasteiger charge is 2.33. The van der Waals surface area contributed by atoms with Crippen LogP contribution in [0.15, 0.2) is 127 Å². The Hall–Kier alpha value is -6.74. The molecule has 7 aromatic rings.